The number of carbonyl (C=O) groups is 1. The molecule has 3 heterocycles. The Morgan fingerprint density at radius 1 is 1.39 bits per heavy atom. The van der Waals surface area contributed by atoms with E-state index in [4.69, 9.17) is 10.5 Å². The average Bonchev–Trinajstić information content (AvgIpc) is 3.31. The number of benzene rings is 1. The molecule has 163 valence electrons. The van der Waals surface area contributed by atoms with Gasteiger partial charge in [0, 0.05) is 48.2 Å². The number of likely N-dealkylation sites (tertiary alicyclic amines) is 1. The zero-order valence-corrected chi connectivity index (χ0v) is 17.7. The number of rotatable bonds is 6. The van der Waals surface area contributed by atoms with Crippen LogP contribution in [0.1, 0.15) is 20.3 Å². The molecule has 0 bridgehead atoms. The molecule has 2 aromatic heterocycles. The standard InChI is InChI=1S/C23H26FN4O3/c1-23(2,13-27-9-7-16(24)12-27)14-31-17-5-6-19-15(10-17)11-20(26-19)18-4-3-8-28(21(18)29)22(25)30/h4-6,8,10-11,16,26H,7,9,12-14H2,1-2H3,(H2,25,30)/t16-/m1/s1. The van der Waals surface area contributed by atoms with Crippen LogP contribution in [0.4, 0.5) is 9.18 Å². The number of H-pyrrole nitrogens is 1. The SMILES string of the molecule is CC(C)(COc1ccc2[nH]c(-c3c[c]cn(C(N)=O)c3=O)cc2c1)CN1CC[C@@H](F)C1. The van der Waals surface area contributed by atoms with Gasteiger partial charge in [-0.25, -0.2) is 13.8 Å². The number of carbonyl (C=O) groups excluding carboxylic acids is 1. The smallest absolute Gasteiger partial charge is 0.325 e. The number of aromatic amines is 1. The van der Waals surface area contributed by atoms with Crippen molar-refractivity contribution in [3.05, 3.63) is 52.9 Å². The van der Waals surface area contributed by atoms with E-state index in [-0.39, 0.29) is 5.41 Å². The summed E-state index contributed by atoms with van der Waals surface area (Å²) in [6.45, 7) is 6.79. The normalized spacial score (nSPS) is 17.3. The summed E-state index contributed by atoms with van der Waals surface area (Å²) in [5.74, 6) is 0.713. The quantitative estimate of drug-likeness (QED) is 0.634. The van der Waals surface area contributed by atoms with E-state index in [2.05, 4.69) is 29.8 Å². The summed E-state index contributed by atoms with van der Waals surface area (Å²) in [5.41, 5.74) is 6.32. The molecular formula is C23H26FN4O3. The van der Waals surface area contributed by atoms with Crippen LogP contribution in [0.2, 0.25) is 0 Å². The Morgan fingerprint density at radius 2 is 2.19 bits per heavy atom. The van der Waals surface area contributed by atoms with Crippen LogP contribution in [-0.4, -0.2) is 52.9 Å². The fraction of sp³-hybridized carbons (Fsp3) is 0.391. The lowest BCUT2D eigenvalue weighted by Crippen LogP contribution is -2.36. The van der Waals surface area contributed by atoms with Gasteiger partial charge in [0.15, 0.2) is 0 Å². The molecule has 1 amide bonds. The number of pyridine rings is 1. The molecule has 1 radical (unpaired) electrons. The van der Waals surface area contributed by atoms with E-state index in [1.165, 1.54) is 12.3 Å². The van der Waals surface area contributed by atoms with E-state index in [0.717, 1.165) is 28.6 Å². The minimum absolute atomic E-state index is 0.123. The van der Waals surface area contributed by atoms with Gasteiger partial charge in [0.2, 0.25) is 0 Å². The molecule has 0 unspecified atom stereocenters. The van der Waals surface area contributed by atoms with Crippen molar-refractivity contribution >= 4 is 16.9 Å². The lowest BCUT2D eigenvalue weighted by atomic mass is 9.94. The first-order valence-electron chi connectivity index (χ1n) is 10.3. The number of hydrogen-bond acceptors (Lipinski definition) is 4. The molecule has 8 heteroatoms. The Balaban J connectivity index is 1.50. The van der Waals surface area contributed by atoms with Crippen molar-refractivity contribution in [2.24, 2.45) is 11.1 Å². The first-order valence-corrected chi connectivity index (χ1v) is 10.3. The number of hydrogen-bond donors (Lipinski definition) is 2. The van der Waals surface area contributed by atoms with Crippen molar-refractivity contribution in [2.75, 3.05) is 26.2 Å². The van der Waals surface area contributed by atoms with E-state index in [1.807, 2.05) is 24.3 Å². The van der Waals surface area contributed by atoms with Crippen LogP contribution >= 0.6 is 0 Å². The van der Waals surface area contributed by atoms with Crippen LogP contribution in [0, 0.1) is 11.5 Å². The van der Waals surface area contributed by atoms with Gasteiger partial charge in [-0.15, -0.1) is 0 Å². The lowest BCUT2D eigenvalue weighted by molar-refractivity contribution is 0.125. The largest absolute Gasteiger partial charge is 0.493 e. The van der Waals surface area contributed by atoms with Crippen LogP contribution in [0.25, 0.3) is 22.2 Å². The van der Waals surface area contributed by atoms with Crippen molar-refractivity contribution in [2.45, 2.75) is 26.4 Å². The van der Waals surface area contributed by atoms with Gasteiger partial charge in [-0.2, -0.15) is 0 Å². The lowest BCUT2D eigenvalue weighted by Gasteiger charge is -2.29. The minimum atomic E-state index is -0.853. The number of halogens is 1. The van der Waals surface area contributed by atoms with Gasteiger partial charge < -0.3 is 15.5 Å². The zero-order valence-electron chi connectivity index (χ0n) is 17.7. The number of alkyl halides is 1. The van der Waals surface area contributed by atoms with Gasteiger partial charge in [-0.05, 0) is 36.8 Å². The summed E-state index contributed by atoms with van der Waals surface area (Å²) in [6.07, 6.45) is 1.10. The van der Waals surface area contributed by atoms with E-state index >= 15 is 0 Å². The van der Waals surface area contributed by atoms with Crippen LogP contribution < -0.4 is 16.0 Å². The molecule has 7 nitrogen and oxygen atoms in total. The summed E-state index contributed by atoms with van der Waals surface area (Å²) in [5, 5.41) is 0.874. The second-order valence-electron chi connectivity index (χ2n) is 8.87. The molecule has 4 rings (SSSR count). The van der Waals surface area contributed by atoms with Crippen LogP contribution in [0.5, 0.6) is 5.75 Å². The Bertz CT molecular complexity index is 1170. The molecule has 3 N–H and O–H groups in total. The number of amides is 1. The fourth-order valence-electron chi connectivity index (χ4n) is 4.01. The molecule has 1 aliphatic rings. The first-order chi connectivity index (χ1) is 14.7. The maximum Gasteiger partial charge on any atom is 0.325 e. The van der Waals surface area contributed by atoms with Crippen LogP contribution in [0.15, 0.2) is 41.3 Å². The summed E-state index contributed by atoms with van der Waals surface area (Å²) in [7, 11) is 0. The van der Waals surface area contributed by atoms with Gasteiger partial charge in [-0.1, -0.05) is 13.8 Å². The second-order valence-corrected chi connectivity index (χ2v) is 8.87. The highest BCUT2D eigenvalue weighted by atomic mass is 19.1. The van der Waals surface area contributed by atoms with E-state index in [1.54, 1.807) is 0 Å². The highest BCUT2D eigenvalue weighted by Crippen LogP contribution is 2.28. The number of nitrogens with one attached hydrogen (secondary N) is 1. The first kappa shape index (κ1) is 21.1. The second kappa shape index (κ2) is 8.19. The summed E-state index contributed by atoms with van der Waals surface area (Å²) >= 11 is 0. The van der Waals surface area contributed by atoms with Crippen LogP contribution in [-0.2, 0) is 0 Å². The van der Waals surface area contributed by atoms with Gasteiger partial charge in [0.25, 0.3) is 5.56 Å². The number of ether oxygens (including phenoxy) is 1. The monoisotopic (exact) mass is 425 g/mol. The molecule has 1 saturated heterocycles. The van der Waals surface area contributed by atoms with Crippen molar-refractivity contribution < 1.29 is 13.9 Å². The molecule has 1 aliphatic heterocycles. The van der Waals surface area contributed by atoms with Crippen molar-refractivity contribution in [3.63, 3.8) is 0 Å². The number of aromatic nitrogens is 2. The van der Waals surface area contributed by atoms with E-state index < -0.39 is 17.8 Å². The van der Waals surface area contributed by atoms with E-state index in [9.17, 15) is 14.0 Å². The zero-order chi connectivity index (χ0) is 22.2. The molecule has 0 aliphatic carbocycles. The van der Waals surface area contributed by atoms with Gasteiger partial charge in [-0.3, -0.25) is 9.69 Å². The maximum atomic E-state index is 13.4. The molecule has 0 saturated carbocycles. The van der Waals surface area contributed by atoms with Gasteiger partial charge in [0.1, 0.15) is 11.9 Å². The number of fused-ring (bicyclic) bond motifs is 1. The summed E-state index contributed by atoms with van der Waals surface area (Å²) < 4.78 is 20.3. The number of nitrogens with two attached hydrogens (primary N) is 1. The Labute approximate surface area is 179 Å². The molecule has 3 aromatic rings. The number of nitrogens with zero attached hydrogens (tertiary/aromatic N) is 2. The van der Waals surface area contributed by atoms with Crippen molar-refractivity contribution in [1.29, 1.82) is 0 Å². The Morgan fingerprint density at radius 3 is 2.90 bits per heavy atom. The Kier molecular flexibility index (Phi) is 5.58. The fourth-order valence-corrected chi connectivity index (χ4v) is 4.01. The van der Waals surface area contributed by atoms with Crippen LogP contribution in [0.3, 0.4) is 0 Å². The van der Waals surface area contributed by atoms with Gasteiger partial charge in [0.05, 0.1) is 17.9 Å². The summed E-state index contributed by atoms with van der Waals surface area (Å²) in [6, 6.07) is 10.9. The molecule has 31 heavy (non-hydrogen) atoms. The minimum Gasteiger partial charge on any atom is -0.493 e. The average molecular weight is 425 g/mol. The molecule has 1 atom stereocenters. The van der Waals surface area contributed by atoms with E-state index in [0.29, 0.717) is 36.6 Å². The Hall–Kier alpha value is -3.13. The predicted octanol–water partition coefficient (Wildman–Crippen LogP) is 3.17. The number of primary amides is 1. The summed E-state index contributed by atoms with van der Waals surface area (Å²) in [4.78, 5) is 29.2. The molecule has 1 fully saturated rings. The molecule has 1 aromatic carbocycles. The maximum absolute atomic E-state index is 13.4. The third-order valence-corrected chi connectivity index (χ3v) is 5.50. The highest BCUT2D eigenvalue weighted by molar-refractivity contribution is 5.87. The molecule has 0 spiro atoms. The van der Waals surface area contributed by atoms with Crippen molar-refractivity contribution in [3.8, 4) is 17.0 Å². The molecular weight excluding hydrogens is 399 g/mol. The third-order valence-electron chi connectivity index (χ3n) is 5.50. The topological polar surface area (TPSA) is 93.3 Å². The van der Waals surface area contributed by atoms with Gasteiger partial charge >= 0.3 is 6.03 Å². The predicted molar refractivity (Wildman–Crippen MR) is 117 cm³/mol. The highest BCUT2D eigenvalue weighted by Gasteiger charge is 2.28. The van der Waals surface area contributed by atoms with Crippen molar-refractivity contribution in [1.82, 2.24) is 14.5 Å². The third kappa shape index (κ3) is 4.64.